The van der Waals surface area contributed by atoms with E-state index in [2.05, 4.69) is 0 Å². The largest absolute Gasteiger partial charge is 0.493 e. The van der Waals surface area contributed by atoms with Crippen LogP contribution in [0.5, 0.6) is 11.5 Å². The quantitative estimate of drug-likeness (QED) is 0.836. The second-order valence-corrected chi connectivity index (χ2v) is 6.74. The number of benzene rings is 2. The number of methoxy groups -OCH3 is 1. The molecule has 0 saturated carbocycles. The molecular formula is C20H18N2O4. The fourth-order valence-corrected chi connectivity index (χ4v) is 4.16. The molecule has 2 aromatic rings. The lowest BCUT2D eigenvalue weighted by Gasteiger charge is -2.27. The Kier molecular flexibility index (Phi) is 3.22. The Hall–Kier alpha value is -3.02. The van der Waals surface area contributed by atoms with Gasteiger partial charge in [0.1, 0.15) is 11.7 Å². The van der Waals surface area contributed by atoms with E-state index < -0.39 is 12.3 Å². The first-order valence-corrected chi connectivity index (χ1v) is 8.77. The summed E-state index contributed by atoms with van der Waals surface area (Å²) < 4.78 is 11.6. The summed E-state index contributed by atoms with van der Waals surface area (Å²) in [6, 6.07) is 12.6. The first kappa shape index (κ1) is 15.3. The molecular weight excluding hydrogens is 332 g/mol. The molecule has 2 amide bonds. The summed E-state index contributed by atoms with van der Waals surface area (Å²) >= 11 is 0. The van der Waals surface area contributed by atoms with Crippen LogP contribution in [0, 0.1) is 0 Å². The van der Waals surface area contributed by atoms with Gasteiger partial charge in [-0.3, -0.25) is 14.5 Å². The zero-order valence-corrected chi connectivity index (χ0v) is 14.3. The van der Waals surface area contributed by atoms with Gasteiger partial charge < -0.3 is 14.4 Å². The topological polar surface area (TPSA) is 59.1 Å². The molecule has 1 fully saturated rings. The Morgan fingerprint density at radius 1 is 1.12 bits per heavy atom. The molecule has 0 N–H and O–H groups in total. The Morgan fingerprint density at radius 2 is 1.92 bits per heavy atom. The van der Waals surface area contributed by atoms with Crippen molar-refractivity contribution >= 4 is 17.5 Å². The fraction of sp³-hybridized carbons (Fsp3) is 0.300. The average Bonchev–Trinajstić information content (AvgIpc) is 3.30. The zero-order valence-electron chi connectivity index (χ0n) is 14.3. The standard InChI is InChI=1S/C20H18N2O4/c1-25-15-10-9-13-16-17(15)26-20(12-6-3-2-4-7-12)22(16)19(24)14-8-5-11-21(14)18(13)23/h2-4,6-7,9-10,14,20H,5,8,11H2,1H3. The van der Waals surface area contributed by atoms with Gasteiger partial charge in [0.25, 0.3) is 11.8 Å². The van der Waals surface area contributed by atoms with Gasteiger partial charge in [-0.15, -0.1) is 0 Å². The molecule has 3 heterocycles. The van der Waals surface area contributed by atoms with E-state index in [4.69, 9.17) is 9.47 Å². The van der Waals surface area contributed by atoms with Crippen LogP contribution in [0.25, 0.3) is 0 Å². The molecule has 6 nitrogen and oxygen atoms in total. The summed E-state index contributed by atoms with van der Waals surface area (Å²) in [4.78, 5) is 29.8. The molecule has 0 spiro atoms. The highest BCUT2D eigenvalue weighted by Gasteiger charge is 2.50. The second kappa shape index (κ2) is 5.49. The van der Waals surface area contributed by atoms with Gasteiger partial charge in [-0.25, -0.2) is 0 Å². The van der Waals surface area contributed by atoms with E-state index in [1.54, 1.807) is 29.0 Å². The van der Waals surface area contributed by atoms with Crippen LogP contribution in [-0.2, 0) is 4.79 Å². The number of fused-ring (bicyclic) bond motifs is 1. The van der Waals surface area contributed by atoms with Gasteiger partial charge in [0.2, 0.25) is 6.23 Å². The Bertz CT molecular complexity index is 912. The Labute approximate surface area is 150 Å². The predicted molar refractivity (Wildman–Crippen MR) is 94.3 cm³/mol. The lowest BCUT2D eigenvalue weighted by molar-refractivity contribution is -0.123. The van der Waals surface area contributed by atoms with Crippen LogP contribution in [0.1, 0.15) is 35.0 Å². The van der Waals surface area contributed by atoms with Crippen molar-refractivity contribution in [1.82, 2.24) is 4.90 Å². The SMILES string of the molecule is COc1ccc2c3c1OC(c1ccccc1)N3C(=O)C1CCCN1C2=O. The van der Waals surface area contributed by atoms with E-state index in [1.807, 2.05) is 30.3 Å². The highest BCUT2D eigenvalue weighted by molar-refractivity contribution is 6.14. The van der Waals surface area contributed by atoms with Gasteiger partial charge in [-0.05, 0) is 25.0 Å². The van der Waals surface area contributed by atoms with Crippen molar-refractivity contribution in [3.63, 3.8) is 0 Å². The normalized spacial score (nSPS) is 23.4. The maximum atomic E-state index is 13.4. The number of hydrogen-bond donors (Lipinski definition) is 0. The molecule has 132 valence electrons. The van der Waals surface area contributed by atoms with Crippen molar-refractivity contribution in [2.75, 3.05) is 18.6 Å². The molecule has 2 unspecified atom stereocenters. The van der Waals surface area contributed by atoms with Crippen LogP contribution in [0.2, 0.25) is 0 Å². The Morgan fingerprint density at radius 3 is 2.69 bits per heavy atom. The lowest BCUT2D eigenvalue weighted by atomic mass is 10.1. The van der Waals surface area contributed by atoms with E-state index in [-0.39, 0.29) is 11.8 Å². The van der Waals surface area contributed by atoms with Gasteiger partial charge in [-0.2, -0.15) is 0 Å². The van der Waals surface area contributed by atoms with E-state index in [9.17, 15) is 9.59 Å². The smallest absolute Gasteiger partial charge is 0.256 e. The summed E-state index contributed by atoms with van der Waals surface area (Å²) in [5, 5.41) is 0. The average molecular weight is 350 g/mol. The molecule has 26 heavy (non-hydrogen) atoms. The number of anilines is 1. The molecule has 0 aliphatic carbocycles. The van der Waals surface area contributed by atoms with Gasteiger partial charge in [0, 0.05) is 12.1 Å². The van der Waals surface area contributed by atoms with Crippen molar-refractivity contribution < 1.29 is 19.1 Å². The van der Waals surface area contributed by atoms with Crippen LogP contribution in [-0.4, -0.2) is 36.4 Å². The van der Waals surface area contributed by atoms with Crippen LogP contribution in [0.4, 0.5) is 5.69 Å². The van der Waals surface area contributed by atoms with E-state index in [1.165, 1.54) is 0 Å². The summed E-state index contributed by atoms with van der Waals surface area (Å²) in [6.45, 7) is 0.612. The number of carbonyl (C=O) groups is 2. The highest BCUT2D eigenvalue weighted by Crippen LogP contribution is 2.52. The van der Waals surface area contributed by atoms with Crippen molar-refractivity contribution in [2.24, 2.45) is 0 Å². The molecule has 0 aromatic heterocycles. The lowest BCUT2D eigenvalue weighted by Crippen LogP contribution is -2.45. The van der Waals surface area contributed by atoms with Crippen LogP contribution in [0.15, 0.2) is 42.5 Å². The zero-order chi connectivity index (χ0) is 17.8. The van der Waals surface area contributed by atoms with Crippen molar-refractivity contribution in [1.29, 1.82) is 0 Å². The summed E-state index contributed by atoms with van der Waals surface area (Å²) in [7, 11) is 1.56. The molecule has 1 saturated heterocycles. The molecule has 2 aromatic carbocycles. The highest BCUT2D eigenvalue weighted by atomic mass is 16.5. The van der Waals surface area contributed by atoms with Gasteiger partial charge >= 0.3 is 0 Å². The van der Waals surface area contributed by atoms with Crippen molar-refractivity contribution in [2.45, 2.75) is 25.1 Å². The molecule has 3 aliphatic heterocycles. The molecule has 6 heteroatoms. The minimum Gasteiger partial charge on any atom is -0.493 e. The number of nitrogens with zero attached hydrogens (tertiary/aromatic N) is 2. The van der Waals surface area contributed by atoms with Crippen LogP contribution in [0.3, 0.4) is 0 Å². The molecule has 3 aliphatic rings. The minimum atomic E-state index is -0.595. The van der Waals surface area contributed by atoms with E-state index in [0.717, 1.165) is 12.0 Å². The minimum absolute atomic E-state index is 0.0875. The van der Waals surface area contributed by atoms with E-state index in [0.29, 0.717) is 35.7 Å². The summed E-state index contributed by atoms with van der Waals surface area (Å²) in [6.07, 6.45) is 0.927. The molecule has 0 radical (unpaired) electrons. The van der Waals surface area contributed by atoms with Gasteiger partial charge in [0.05, 0.1) is 12.7 Å². The molecule has 2 atom stereocenters. The van der Waals surface area contributed by atoms with Gasteiger partial charge in [0.15, 0.2) is 11.5 Å². The first-order chi connectivity index (χ1) is 12.7. The third kappa shape index (κ3) is 1.92. The third-order valence-electron chi connectivity index (χ3n) is 5.37. The van der Waals surface area contributed by atoms with Crippen LogP contribution < -0.4 is 14.4 Å². The fourth-order valence-electron chi connectivity index (χ4n) is 4.16. The van der Waals surface area contributed by atoms with Gasteiger partial charge in [-0.1, -0.05) is 30.3 Å². The van der Waals surface area contributed by atoms with E-state index >= 15 is 0 Å². The molecule has 0 bridgehead atoms. The first-order valence-electron chi connectivity index (χ1n) is 8.77. The maximum Gasteiger partial charge on any atom is 0.256 e. The number of carbonyl (C=O) groups excluding carboxylic acids is 2. The van der Waals surface area contributed by atoms with Crippen LogP contribution >= 0.6 is 0 Å². The van der Waals surface area contributed by atoms with Crippen molar-refractivity contribution in [3.8, 4) is 11.5 Å². The molecule has 5 rings (SSSR count). The number of hydrogen-bond acceptors (Lipinski definition) is 4. The number of amides is 2. The number of ether oxygens (including phenoxy) is 2. The third-order valence-corrected chi connectivity index (χ3v) is 5.37. The maximum absolute atomic E-state index is 13.4. The monoisotopic (exact) mass is 350 g/mol. The second-order valence-electron chi connectivity index (χ2n) is 6.74. The predicted octanol–water partition coefficient (Wildman–Crippen LogP) is 2.74. The Balaban J connectivity index is 1.75. The number of rotatable bonds is 2. The summed E-state index contributed by atoms with van der Waals surface area (Å²) in [5.41, 5.74) is 1.89. The summed E-state index contributed by atoms with van der Waals surface area (Å²) in [5.74, 6) is 0.784. The van der Waals surface area contributed by atoms with Crippen molar-refractivity contribution in [3.05, 3.63) is 53.6 Å².